The second-order valence-electron chi connectivity index (χ2n) is 4.89. The van der Waals surface area contributed by atoms with Crippen LogP contribution in [0.4, 0.5) is 0 Å². The highest BCUT2D eigenvalue weighted by Crippen LogP contribution is 2.08. The molecule has 1 aromatic carbocycles. The number of rotatable bonds is 7. The highest BCUT2D eigenvalue weighted by atomic mass is 32.2. The number of carbonyl (C=O) groups excluding carboxylic acids is 1. The Hall–Kier alpha value is -1.40. The zero-order valence-electron chi connectivity index (χ0n) is 12.2. The van der Waals surface area contributed by atoms with E-state index in [-0.39, 0.29) is 25.0 Å². The zero-order chi connectivity index (χ0) is 15.2. The Labute approximate surface area is 121 Å². The number of benzene rings is 1. The lowest BCUT2D eigenvalue weighted by atomic mass is 10.2. The fraction of sp³-hybridized carbons (Fsp3) is 0.500. The van der Waals surface area contributed by atoms with Crippen LogP contribution >= 0.6 is 0 Å². The summed E-state index contributed by atoms with van der Waals surface area (Å²) in [4.78, 5) is 11.8. The second kappa shape index (κ2) is 7.40. The molecule has 0 bridgehead atoms. The van der Waals surface area contributed by atoms with Gasteiger partial charge in [-0.1, -0.05) is 37.3 Å². The third kappa shape index (κ3) is 5.71. The van der Waals surface area contributed by atoms with Crippen LogP contribution in [-0.4, -0.2) is 37.5 Å². The molecule has 1 N–H and O–H groups in total. The molecular weight excluding hydrogens is 276 g/mol. The summed E-state index contributed by atoms with van der Waals surface area (Å²) in [7, 11) is -3.43. The molecule has 1 atom stereocenters. The highest BCUT2D eigenvalue weighted by molar-refractivity contribution is 7.88. The molecule has 0 aliphatic carbocycles. The summed E-state index contributed by atoms with van der Waals surface area (Å²) in [5, 5.41) is 2.77. The van der Waals surface area contributed by atoms with Crippen molar-refractivity contribution in [3.05, 3.63) is 35.9 Å². The molecule has 0 aliphatic heterocycles. The van der Waals surface area contributed by atoms with E-state index in [2.05, 4.69) is 5.32 Å². The fourth-order valence-electron chi connectivity index (χ4n) is 1.66. The Morgan fingerprint density at radius 1 is 1.30 bits per heavy atom. The van der Waals surface area contributed by atoms with Crippen LogP contribution in [0.5, 0.6) is 0 Å². The lowest BCUT2D eigenvalue weighted by Gasteiger charge is -2.21. The van der Waals surface area contributed by atoms with Gasteiger partial charge in [-0.15, -0.1) is 0 Å². The number of nitrogens with zero attached hydrogens (tertiary/aromatic N) is 1. The van der Waals surface area contributed by atoms with Gasteiger partial charge in [0.05, 0.1) is 12.8 Å². The van der Waals surface area contributed by atoms with Crippen LogP contribution in [0.15, 0.2) is 30.3 Å². The van der Waals surface area contributed by atoms with Gasteiger partial charge in [-0.25, -0.2) is 8.42 Å². The van der Waals surface area contributed by atoms with E-state index >= 15 is 0 Å². The minimum absolute atomic E-state index is 0.0423. The monoisotopic (exact) mass is 298 g/mol. The summed E-state index contributed by atoms with van der Waals surface area (Å²) < 4.78 is 24.7. The van der Waals surface area contributed by atoms with Gasteiger partial charge in [-0.05, 0) is 18.9 Å². The number of amides is 1. The van der Waals surface area contributed by atoms with E-state index in [1.165, 1.54) is 4.31 Å². The fourth-order valence-corrected chi connectivity index (χ4v) is 2.40. The van der Waals surface area contributed by atoms with Gasteiger partial charge in [0.2, 0.25) is 15.9 Å². The Bertz CT molecular complexity index is 529. The molecule has 0 aromatic heterocycles. The standard InChI is InChI=1S/C14H22N2O3S/c1-4-12(2)15-14(17)11-16(20(3,18)19)10-13-8-6-5-7-9-13/h5-9,12H,4,10-11H2,1-3H3,(H,15,17)/t12-/m1/s1. The van der Waals surface area contributed by atoms with Crippen LogP contribution in [0.1, 0.15) is 25.8 Å². The summed E-state index contributed by atoms with van der Waals surface area (Å²) in [6.07, 6.45) is 1.93. The molecule has 112 valence electrons. The molecule has 1 rings (SSSR count). The van der Waals surface area contributed by atoms with Gasteiger partial charge in [-0.2, -0.15) is 4.31 Å². The summed E-state index contributed by atoms with van der Waals surface area (Å²) in [6, 6.07) is 9.27. The first-order chi connectivity index (χ1) is 9.32. The topological polar surface area (TPSA) is 66.5 Å². The number of nitrogens with one attached hydrogen (secondary N) is 1. The Balaban J connectivity index is 2.74. The molecule has 5 nitrogen and oxygen atoms in total. The minimum Gasteiger partial charge on any atom is -0.353 e. The molecule has 0 heterocycles. The smallest absolute Gasteiger partial charge is 0.235 e. The molecule has 0 saturated heterocycles. The molecule has 1 amide bonds. The number of sulfonamides is 1. The molecule has 0 aliphatic rings. The summed E-state index contributed by atoms with van der Waals surface area (Å²) in [5.41, 5.74) is 0.856. The van der Waals surface area contributed by atoms with Gasteiger partial charge in [0, 0.05) is 12.6 Å². The predicted octanol–water partition coefficient (Wildman–Crippen LogP) is 1.36. The van der Waals surface area contributed by atoms with Crippen LogP contribution in [0.25, 0.3) is 0 Å². The maximum atomic E-state index is 11.8. The zero-order valence-corrected chi connectivity index (χ0v) is 13.0. The lowest BCUT2D eigenvalue weighted by molar-refractivity contribution is -0.122. The molecular formula is C14H22N2O3S. The first kappa shape index (κ1) is 16.7. The number of hydrogen-bond acceptors (Lipinski definition) is 3. The minimum atomic E-state index is -3.43. The normalized spacial score (nSPS) is 13.2. The largest absolute Gasteiger partial charge is 0.353 e. The van der Waals surface area contributed by atoms with Crippen molar-refractivity contribution >= 4 is 15.9 Å². The third-order valence-corrected chi connectivity index (χ3v) is 4.21. The van der Waals surface area contributed by atoms with Crippen LogP contribution in [0.3, 0.4) is 0 Å². The molecule has 0 fully saturated rings. The van der Waals surface area contributed by atoms with Crippen molar-refractivity contribution < 1.29 is 13.2 Å². The molecule has 0 spiro atoms. The summed E-state index contributed by atoms with van der Waals surface area (Å²) >= 11 is 0. The van der Waals surface area contributed by atoms with E-state index < -0.39 is 10.0 Å². The predicted molar refractivity (Wildman–Crippen MR) is 79.6 cm³/mol. The van der Waals surface area contributed by atoms with E-state index in [9.17, 15) is 13.2 Å². The number of carbonyl (C=O) groups is 1. The van der Waals surface area contributed by atoms with Gasteiger partial charge >= 0.3 is 0 Å². The van der Waals surface area contributed by atoms with E-state index in [4.69, 9.17) is 0 Å². The SMILES string of the molecule is CC[C@@H](C)NC(=O)CN(Cc1ccccc1)S(C)(=O)=O. The van der Waals surface area contributed by atoms with Crippen LogP contribution in [0, 0.1) is 0 Å². The van der Waals surface area contributed by atoms with Crippen LogP contribution in [0.2, 0.25) is 0 Å². The third-order valence-electron chi connectivity index (χ3n) is 3.01. The summed E-state index contributed by atoms with van der Waals surface area (Å²) in [6.45, 7) is 3.90. The van der Waals surface area contributed by atoms with Gasteiger partial charge in [-0.3, -0.25) is 4.79 Å². The maximum absolute atomic E-state index is 11.8. The lowest BCUT2D eigenvalue weighted by Crippen LogP contribution is -2.42. The Morgan fingerprint density at radius 2 is 1.90 bits per heavy atom. The van der Waals surface area contributed by atoms with Crippen molar-refractivity contribution in [3.63, 3.8) is 0 Å². The van der Waals surface area contributed by atoms with Crippen molar-refractivity contribution in [3.8, 4) is 0 Å². The number of hydrogen-bond donors (Lipinski definition) is 1. The van der Waals surface area contributed by atoms with Crippen molar-refractivity contribution in [2.24, 2.45) is 0 Å². The van der Waals surface area contributed by atoms with Crippen LogP contribution in [-0.2, 0) is 21.4 Å². The molecule has 0 unspecified atom stereocenters. The maximum Gasteiger partial charge on any atom is 0.235 e. The average Bonchev–Trinajstić information content (AvgIpc) is 2.38. The Morgan fingerprint density at radius 3 is 2.40 bits per heavy atom. The molecule has 0 saturated carbocycles. The van der Waals surface area contributed by atoms with Crippen molar-refractivity contribution in [1.82, 2.24) is 9.62 Å². The summed E-state index contributed by atoms with van der Waals surface area (Å²) in [5.74, 6) is -0.277. The van der Waals surface area contributed by atoms with Gasteiger partial charge in [0.25, 0.3) is 0 Å². The van der Waals surface area contributed by atoms with Crippen molar-refractivity contribution in [2.75, 3.05) is 12.8 Å². The van der Waals surface area contributed by atoms with E-state index in [0.717, 1.165) is 18.2 Å². The highest BCUT2D eigenvalue weighted by Gasteiger charge is 2.20. The van der Waals surface area contributed by atoms with E-state index in [1.54, 1.807) is 0 Å². The first-order valence-electron chi connectivity index (χ1n) is 6.61. The molecule has 1 aromatic rings. The molecule has 0 radical (unpaired) electrons. The van der Waals surface area contributed by atoms with Gasteiger partial charge in [0.1, 0.15) is 0 Å². The average molecular weight is 298 g/mol. The van der Waals surface area contributed by atoms with E-state index in [0.29, 0.717) is 0 Å². The molecule has 20 heavy (non-hydrogen) atoms. The van der Waals surface area contributed by atoms with Crippen LogP contribution < -0.4 is 5.32 Å². The second-order valence-corrected chi connectivity index (χ2v) is 6.88. The first-order valence-corrected chi connectivity index (χ1v) is 8.46. The van der Waals surface area contributed by atoms with Crippen molar-refractivity contribution in [2.45, 2.75) is 32.9 Å². The Kier molecular flexibility index (Phi) is 6.16. The molecule has 6 heteroatoms. The van der Waals surface area contributed by atoms with E-state index in [1.807, 2.05) is 44.2 Å². The van der Waals surface area contributed by atoms with Gasteiger partial charge in [0.15, 0.2) is 0 Å². The van der Waals surface area contributed by atoms with Crippen molar-refractivity contribution in [1.29, 1.82) is 0 Å². The van der Waals surface area contributed by atoms with Gasteiger partial charge < -0.3 is 5.32 Å². The quantitative estimate of drug-likeness (QED) is 0.826.